The van der Waals surface area contributed by atoms with E-state index in [2.05, 4.69) is 16.0 Å². The standard InChI is InChI=1S/C17H20N4O6/c1-26-10-8-18-13-5-4-12(11-14(13)21(24)25)16(22)19-6-7-20-17(23)15-3-2-9-27-15/h2-5,9,11,18H,6-8,10H2,1H3,(H,19,22)(H,20,23). The van der Waals surface area contributed by atoms with Crippen LogP contribution in [0.5, 0.6) is 0 Å². The number of nitro benzene ring substituents is 1. The molecule has 1 heterocycles. The minimum Gasteiger partial charge on any atom is -0.459 e. The highest BCUT2D eigenvalue weighted by Crippen LogP contribution is 2.25. The Morgan fingerprint density at radius 2 is 1.89 bits per heavy atom. The predicted molar refractivity (Wildman–Crippen MR) is 96.8 cm³/mol. The fourth-order valence-corrected chi connectivity index (χ4v) is 2.21. The first kappa shape index (κ1) is 19.9. The first-order valence-electron chi connectivity index (χ1n) is 8.14. The molecule has 0 fully saturated rings. The largest absolute Gasteiger partial charge is 0.459 e. The molecule has 10 heteroatoms. The van der Waals surface area contributed by atoms with Gasteiger partial charge in [-0.3, -0.25) is 19.7 Å². The van der Waals surface area contributed by atoms with Crippen LogP contribution in [-0.2, 0) is 4.74 Å². The zero-order valence-corrected chi connectivity index (χ0v) is 14.7. The Kier molecular flexibility index (Phi) is 7.32. The topological polar surface area (TPSA) is 136 Å². The summed E-state index contributed by atoms with van der Waals surface area (Å²) in [5.74, 6) is -0.696. The van der Waals surface area contributed by atoms with Crippen molar-refractivity contribution in [2.75, 3.05) is 38.7 Å². The Morgan fingerprint density at radius 1 is 1.15 bits per heavy atom. The van der Waals surface area contributed by atoms with Crippen LogP contribution in [0.3, 0.4) is 0 Å². The summed E-state index contributed by atoms with van der Waals surface area (Å²) >= 11 is 0. The molecule has 0 bridgehead atoms. The van der Waals surface area contributed by atoms with E-state index >= 15 is 0 Å². The summed E-state index contributed by atoms with van der Waals surface area (Å²) in [6, 6.07) is 7.28. The maximum absolute atomic E-state index is 12.2. The normalized spacial score (nSPS) is 10.3. The first-order valence-corrected chi connectivity index (χ1v) is 8.14. The van der Waals surface area contributed by atoms with Crippen molar-refractivity contribution in [1.82, 2.24) is 10.6 Å². The van der Waals surface area contributed by atoms with Crippen molar-refractivity contribution in [3.63, 3.8) is 0 Å². The third-order valence-corrected chi connectivity index (χ3v) is 3.52. The van der Waals surface area contributed by atoms with Gasteiger partial charge in [0.25, 0.3) is 17.5 Å². The van der Waals surface area contributed by atoms with Gasteiger partial charge < -0.3 is 25.1 Å². The van der Waals surface area contributed by atoms with Gasteiger partial charge in [0.05, 0.1) is 17.8 Å². The highest BCUT2D eigenvalue weighted by Gasteiger charge is 2.17. The van der Waals surface area contributed by atoms with Gasteiger partial charge in [-0.15, -0.1) is 0 Å². The lowest BCUT2D eigenvalue weighted by molar-refractivity contribution is -0.384. The maximum atomic E-state index is 12.2. The van der Waals surface area contributed by atoms with E-state index in [9.17, 15) is 19.7 Å². The molecular formula is C17H20N4O6. The van der Waals surface area contributed by atoms with Crippen LogP contribution in [0.1, 0.15) is 20.9 Å². The van der Waals surface area contributed by atoms with Crippen molar-refractivity contribution in [3.8, 4) is 0 Å². The van der Waals surface area contributed by atoms with E-state index in [1.807, 2.05) is 0 Å². The van der Waals surface area contributed by atoms with Crippen LogP contribution in [-0.4, -0.2) is 50.1 Å². The van der Waals surface area contributed by atoms with Crippen LogP contribution in [0.4, 0.5) is 11.4 Å². The van der Waals surface area contributed by atoms with Gasteiger partial charge >= 0.3 is 0 Å². The summed E-state index contributed by atoms with van der Waals surface area (Å²) < 4.78 is 9.84. The fourth-order valence-electron chi connectivity index (χ4n) is 2.21. The minimum atomic E-state index is -0.560. The predicted octanol–water partition coefficient (Wildman–Crippen LogP) is 1.41. The van der Waals surface area contributed by atoms with Gasteiger partial charge in [0.2, 0.25) is 0 Å². The fraction of sp³-hybridized carbons (Fsp3) is 0.294. The van der Waals surface area contributed by atoms with Crippen LogP contribution in [0, 0.1) is 10.1 Å². The molecule has 0 saturated heterocycles. The number of hydrogen-bond acceptors (Lipinski definition) is 7. The zero-order chi connectivity index (χ0) is 19.6. The molecule has 0 aliphatic carbocycles. The number of nitrogens with zero attached hydrogens (tertiary/aromatic N) is 1. The number of amides is 2. The number of hydrogen-bond donors (Lipinski definition) is 3. The Morgan fingerprint density at radius 3 is 2.52 bits per heavy atom. The molecule has 144 valence electrons. The molecule has 2 aromatic rings. The molecule has 2 rings (SSSR count). The molecule has 0 radical (unpaired) electrons. The first-order chi connectivity index (χ1) is 13.0. The number of carbonyl (C=O) groups excluding carboxylic acids is 2. The van der Waals surface area contributed by atoms with Crippen LogP contribution in [0.2, 0.25) is 0 Å². The summed E-state index contributed by atoms with van der Waals surface area (Å²) in [4.78, 5) is 34.5. The molecular weight excluding hydrogens is 356 g/mol. The zero-order valence-electron chi connectivity index (χ0n) is 14.7. The van der Waals surface area contributed by atoms with Crippen LogP contribution >= 0.6 is 0 Å². The Hall–Kier alpha value is -3.40. The Bertz CT molecular complexity index is 791. The van der Waals surface area contributed by atoms with E-state index in [4.69, 9.17) is 9.15 Å². The lowest BCUT2D eigenvalue weighted by atomic mass is 10.1. The molecule has 0 unspecified atom stereocenters. The van der Waals surface area contributed by atoms with Crippen molar-refractivity contribution in [3.05, 3.63) is 58.0 Å². The molecule has 0 saturated carbocycles. The molecule has 0 atom stereocenters. The second kappa shape index (κ2) is 9.92. The van der Waals surface area contributed by atoms with Crippen LogP contribution < -0.4 is 16.0 Å². The van der Waals surface area contributed by atoms with E-state index in [1.165, 1.54) is 37.6 Å². The third-order valence-electron chi connectivity index (χ3n) is 3.52. The smallest absolute Gasteiger partial charge is 0.293 e. The minimum absolute atomic E-state index is 0.149. The third kappa shape index (κ3) is 5.82. The summed E-state index contributed by atoms with van der Waals surface area (Å²) in [6.45, 7) is 1.14. The van der Waals surface area contributed by atoms with Crippen molar-refractivity contribution in [2.45, 2.75) is 0 Å². The van der Waals surface area contributed by atoms with Crippen molar-refractivity contribution >= 4 is 23.2 Å². The highest BCUT2D eigenvalue weighted by molar-refractivity contribution is 5.96. The molecule has 3 N–H and O–H groups in total. The molecule has 1 aromatic heterocycles. The lowest BCUT2D eigenvalue weighted by Gasteiger charge is -2.09. The van der Waals surface area contributed by atoms with Gasteiger partial charge in [0.15, 0.2) is 5.76 Å². The lowest BCUT2D eigenvalue weighted by Crippen LogP contribution is -2.34. The van der Waals surface area contributed by atoms with Gasteiger partial charge in [-0.05, 0) is 24.3 Å². The van der Waals surface area contributed by atoms with Crippen LogP contribution in [0.15, 0.2) is 41.0 Å². The Balaban J connectivity index is 1.88. The molecule has 0 aliphatic rings. The van der Waals surface area contributed by atoms with Gasteiger partial charge in [-0.1, -0.05) is 0 Å². The van der Waals surface area contributed by atoms with Gasteiger partial charge in [0, 0.05) is 38.4 Å². The van der Waals surface area contributed by atoms with E-state index in [1.54, 1.807) is 6.07 Å². The average Bonchev–Trinajstić information content (AvgIpc) is 3.20. The second-order valence-electron chi connectivity index (χ2n) is 5.40. The molecule has 0 spiro atoms. The van der Waals surface area contributed by atoms with Crippen molar-refractivity contribution in [1.29, 1.82) is 0 Å². The monoisotopic (exact) mass is 376 g/mol. The molecule has 1 aromatic carbocycles. The molecule has 10 nitrogen and oxygen atoms in total. The van der Waals surface area contributed by atoms with Crippen molar-refractivity contribution in [2.24, 2.45) is 0 Å². The van der Waals surface area contributed by atoms with Crippen molar-refractivity contribution < 1.29 is 23.7 Å². The molecule has 2 amide bonds. The number of methoxy groups -OCH3 is 1. The quantitative estimate of drug-likeness (QED) is 0.324. The van der Waals surface area contributed by atoms with Gasteiger partial charge in [-0.2, -0.15) is 0 Å². The summed E-state index contributed by atoms with van der Waals surface area (Å²) in [7, 11) is 1.53. The SMILES string of the molecule is COCCNc1ccc(C(=O)NCCNC(=O)c2ccco2)cc1[N+](=O)[O-]. The number of furan rings is 1. The van der Waals surface area contributed by atoms with E-state index in [0.29, 0.717) is 18.8 Å². The number of anilines is 1. The van der Waals surface area contributed by atoms with Gasteiger partial charge in [-0.25, -0.2) is 0 Å². The number of nitro groups is 1. The summed E-state index contributed by atoms with van der Waals surface area (Å²) in [5.41, 5.74) is 0.250. The highest BCUT2D eigenvalue weighted by atomic mass is 16.6. The number of benzene rings is 1. The van der Waals surface area contributed by atoms with E-state index in [-0.39, 0.29) is 30.1 Å². The van der Waals surface area contributed by atoms with Crippen LogP contribution in [0.25, 0.3) is 0 Å². The molecule has 0 aliphatic heterocycles. The number of carbonyl (C=O) groups is 2. The maximum Gasteiger partial charge on any atom is 0.293 e. The van der Waals surface area contributed by atoms with Gasteiger partial charge in [0.1, 0.15) is 5.69 Å². The Labute approximate surface area is 155 Å². The second-order valence-corrected chi connectivity index (χ2v) is 5.40. The summed E-state index contributed by atoms with van der Waals surface area (Å²) in [6.07, 6.45) is 1.39. The van der Waals surface area contributed by atoms with E-state index < -0.39 is 16.7 Å². The number of rotatable bonds is 10. The van der Waals surface area contributed by atoms with E-state index in [0.717, 1.165) is 0 Å². The number of nitrogens with one attached hydrogen (secondary N) is 3. The summed E-state index contributed by atoms with van der Waals surface area (Å²) in [5, 5.41) is 19.3. The molecule has 27 heavy (non-hydrogen) atoms. The number of ether oxygens (including phenoxy) is 1. The average molecular weight is 376 g/mol.